The maximum absolute atomic E-state index is 13.1. The van der Waals surface area contributed by atoms with Crippen molar-refractivity contribution in [2.45, 2.75) is 18.0 Å². The average Bonchev–Trinajstić information content (AvgIpc) is 2.99. The Balaban J connectivity index is 2.12. The SMILES string of the molecule is Cc1ccccc1-c1cc(C(F)(F)F)nn1NS(=O)(=O)c1ccccc1. The lowest BCUT2D eigenvalue weighted by Gasteiger charge is -2.12. The van der Waals surface area contributed by atoms with Crippen molar-refractivity contribution in [1.29, 1.82) is 0 Å². The summed E-state index contributed by atoms with van der Waals surface area (Å²) in [7, 11) is -4.11. The highest BCUT2D eigenvalue weighted by atomic mass is 32.2. The van der Waals surface area contributed by atoms with Crippen LogP contribution in [0, 0.1) is 6.92 Å². The summed E-state index contributed by atoms with van der Waals surface area (Å²) in [5.41, 5.74) is -0.0750. The van der Waals surface area contributed by atoms with Crippen molar-refractivity contribution in [2.75, 3.05) is 4.83 Å². The van der Waals surface area contributed by atoms with Gasteiger partial charge in [-0.15, -0.1) is 5.10 Å². The van der Waals surface area contributed by atoms with Crippen LogP contribution in [-0.2, 0) is 16.2 Å². The van der Waals surface area contributed by atoms with Crippen LogP contribution in [0.1, 0.15) is 11.3 Å². The van der Waals surface area contributed by atoms with E-state index in [2.05, 4.69) is 9.93 Å². The zero-order valence-corrected chi connectivity index (χ0v) is 14.3. The van der Waals surface area contributed by atoms with Gasteiger partial charge in [0, 0.05) is 5.56 Å². The van der Waals surface area contributed by atoms with Crippen molar-refractivity contribution < 1.29 is 21.6 Å². The molecule has 0 saturated carbocycles. The standard InChI is InChI=1S/C17H14F3N3O2S/c1-12-7-5-6-10-14(12)15-11-16(17(18,19)20)21-23(15)22-26(24,25)13-8-3-2-4-9-13/h2-11,22H,1H3. The van der Waals surface area contributed by atoms with Gasteiger partial charge in [0.25, 0.3) is 10.0 Å². The summed E-state index contributed by atoms with van der Waals surface area (Å²) in [5, 5.41) is 3.41. The van der Waals surface area contributed by atoms with E-state index < -0.39 is 21.9 Å². The predicted molar refractivity (Wildman–Crippen MR) is 90.4 cm³/mol. The molecule has 0 atom stereocenters. The van der Waals surface area contributed by atoms with E-state index in [9.17, 15) is 21.6 Å². The Labute approximate surface area is 148 Å². The number of hydrogen-bond donors (Lipinski definition) is 1. The molecule has 2 aromatic carbocycles. The number of hydrogen-bond acceptors (Lipinski definition) is 3. The van der Waals surface area contributed by atoms with E-state index in [1.54, 1.807) is 37.3 Å². The van der Waals surface area contributed by atoms with Gasteiger partial charge in [-0.25, -0.2) is 0 Å². The van der Waals surface area contributed by atoms with Crippen LogP contribution in [-0.4, -0.2) is 18.3 Å². The van der Waals surface area contributed by atoms with Gasteiger partial charge in [0.2, 0.25) is 0 Å². The second-order valence-corrected chi connectivity index (χ2v) is 7.21. The van der Waals surface area contributed by atoms with Crippen LogP contribution in [0.4, 0.5) is 13.2 Å². The van der Waals surface area contributed by atoms with Crippen molar-refractivity contribution in [3.8, 4) is 11.3 Å². The third-order valence-corrected chi connectivity index (χ3v) is 4.99. The molecular weight excluding hydrogens is 367 g/mol. The van der Waals surface area contributed by atoms with Crippen molar-refractivity contribution >= 4 is 10.0 Å². The molecule has 0 aliphatic heterocycles. The van der Waals surface area contributed by atoms with Crippen LogP contribution in [0.2, 0.25) is 0 Å². The van der Waals surface area contributed by atoms with Gasteiger partial charge in [0.1, 0.15) is 0 Å². The lowest BCUT2D eigenvalue weighted by atomic mass is 10.1. The van der Waals surface area contributed by atoms with E-state index in [1.165, 1.54) is 24.3 Å². The lowest BCUT2D eigenvalue weighted by molar-refractivity contribution is -0.141. The monoisotopic (exact) mass is 381 g/mol. The van der Waals surface area contributed by atoms with E-state index in [-0.39, 0.29) is 10.6 Å². The van der Waals surface area contributed by atoms with Gasteiger partial charge >= 0.3 is 6.18 Å². The number of rotatable bonds is 4. The molecule has 136 valence electrons. The summed E-state index contributed by atoms with van der Waals surface area (Å²) in [5.74, 6) is 0. The van der Waals surface area contributed by atoms with Crippen molar-refractivity contribution in [3.63, 3.8) is 0 Å². The zero-order valence-electron chi connectivity index (χ0n) is 13.5. The van der Waals surface area contributed by atoms with Crippen LogP contribution in [0.5, 0.6) is 0 Å². The maximum atomic E-state index is 13.1. The molecular formula is C17H14F3N3O2S. The summed E-state index contributed by atoms with van der Waals surface area (Å²) in [6.07, 6.45) is -4.71. The molecule has 3 rings (SSSR count). The largest absolute Gasteiger partial charge is 0.435 e. The van der Waals surface area contributed by atoms with E-state index in [4.69, 9.17) is 0 Å². The van der Waals surface area contributed by atoms with Gasteiger partial charge in [-0.3, -0.25) is 0 Å². The zero-order chi connectivity index (χ0) is 18.9. The summed E-state index contributed by atoms with van der Waals surface area (Å²) in [6.45, 7) is 1.71. The molecule has 0 amide bonds. The Bertz CT molecular complexity index is 1030. The fraction of sp³-hybridized carbons (Fsp3) is 0.118. The summed E-state index contributed by atoms with van der Waals surface area (Å²) in [4.78, 5) is 2.66. The van der Waals surface area contributed by atoms with Gasteiger partial charge in [0.05, 0.1) is 10.6 Å². The molecule has 9 heteroatoms. The highest BCUT2D eigenvalue weighted by Crippen LogP contribution is 2.32. The van der Waals surface area contributed by atoms with Gasteiger partial charge < -0.3 is 0 Å². The topological polar surface area (TPSA) is 64.0 Å². The molecule has 0 bridgehead atoms. The molecule has 0 fully saturated rings. The Hall–Kier alpha value is -2.81. The minimum Gasteiger partial charge on any atom is -0.200 e. The molecule has 0 aliphatic rings. The lowest BCUT2D eigenvalue weighted by Crippen LogP contribution is -2.25. The van der Waals surface area contributed by atoms with Gasteiger partial charge in [0.15, 0.2) is 5.69 Å². The fourth-order valence-corrected chi connectivity index (χ4v) is 3.40. The van der Waals surface area contributed by atoms with Gasteiger partial charge in [-0.1, -0.05) is 42.5 Å². The maximum Gasteiger partial charge on any atom is 0.435 e. The molecule has 0 unspecified atom stereocenters. The summed E-state index contributed by atoms with van der Waals surface area (Å²) in [6, 6.07) is 14.8. The van der Waals surface area contributed by atoms with Crippen LogP contribution >= 0.6 is 0 Å². The molecule has 1 heterocycles. The predicted octanol–water partition coefficient (Wildman–Crippen LogP) is 3.81. The van der Waals surface area contributed by atoms with E-state index in [0.29, 0.717) is 15.9 Å². The third-order valence-electron chi connectivity index (χ3n) is 3.68. The highest BCUT2D eigenvalue weighted by Gasteiger charge is 2.36. The fourth-order valence-electron chi connectivity index (χ4n) is 2.41. The molecule has 26 heavy (non-hydrogen) atoms. The van der Waals surface area contributed by atoms with Crippen molar-refractivity contribution in [1.82, 2.24) is 9.89 Å². The first-order valence-electron chi connectivity index (χ1n) is 7.49. The average molecular weight is 381 g/mol. The second-order valence-electron chi connectivity index (χ2n) is 5.55. The Morgan fingerprint density at radius 3 is 2.23 bits per heavy atom. The minimum absolute atomic E-state index is 0.00469. The minimum atomic E-state index is -4.71. The van der Waals surface area contributed by atoms with Crippen LogP contribution in [0.15, 0.2) is 65.6 Å². The molecule has 1 N–H and O–H groups in total. The normalized spacial score (nSPS) is 12.2. The summed E-state index contributed by atoms with van der Waals surface area (Å²) < 4.78 is 64.3. The number of aryl methyl sites for hydroxylation is 1. The summed E-state index contributed by atoms with van der Waals surface area (Å²) >= 11 is 0. The van der Waals surface area contributed by atoms with E-state index in [1.807, 2.05) is 0 Å². The number of aromatic nitrogens is 2. The van der Waals surface area contributed by atoms with Crippen LogP contribution in [0.25, 0.3) is 11.3 Å². The molecule has 0 saturated heterocycles. The van der Waals surface area contributed by atoms with Gasteiger partial charge in [-0.2, -0.15) is 31.2 Å². The van der Waals surface area contributed by atoms with Crippen molar-refractivity contribution in [3.05, 3.63) is 71.9 Å². The third kappa shape index (κ3) is 3.57. The Morgan fingerprint density at radius 2 is 1.62 bits per heavy atom. The number of halogens is 3. The highest BCUT2D eigenvalue weighted by molar-refractivity contribution is 7.92. The molecule has 1 aromatic heterocycles. The van der Waals surface area contributed by atoms with Gasteiger partial charge in [-0.05, 0) is 30.7 Å². The Morgan fingerprint density at radius 1 is 1.00 bits per heavy atom. The first kappa shape index (κ1) is 18.0. The second kappa shape index (κ2) is 6.49. The smallest absolute Gasteiger partial charge is 0.200 e. The first-order valence-corrected chi connectivity index (χ1v) is 8.98. The van der Waals surface area contributed by atoms with Crippen LogP contribution < -0.4 is 4.83 Å². The van der Waals surface area contributed by atoms with E-state index >= 15 is 0 Å². The first-order chi connectivity index (χ1) is 12.2. The number of nitrogens with one attached hydrogen (secondary N) is 1. The molecule has 0 aliphatic carbocycles. The molecule has 5 nitrogen and oxygen atoms in total. The van der Waals surface area contributed by atoms with E-state index in [0.717, 1.165) is 6.07 Å². The molecule has 0 spiro atoms. The molecule has 0 radical (unpaired) electrons. The molecule has 3 aromatic rings. The number of benzene rings is 2. The van der Waals surface area contributed by atoms with Crippen molar-refractivity contribution in [2.24, 2.45) is 0 Å². The number of alkyl halides is 3. The quantitative estimate of drug-likeness (QED) is 0.748. The Kier molecular flexibility index (Phi) is 4.49. The van der Waals surface area contributed by atoms with Crippen LogP contribution in [0.3, 0.4) is 0 Å². The number of sulfonamides is 1. The number of nitrogens with zero attached hydrogens (tertiary/aromatic N) is 2.